The van der Waals surface area contributed by atoms with Crippen LogP contribution in [0.3, 0.4) is 0 Å². The zero-order chi connectivity index (χ0) is 24.9. The number of hydrogen-bond donors (Lipinski definition) is 2. The van der Waals surface area contributed by atoms with E-state index in [1.807, 2.05) is 24.3 Å². The van der Waals surface area contributed by atoms with E-state index in [-0.39, 0.29) is 28.3 Å². The van der Waals surface area contributed by atoms with Crippen LogP contribution in [0.1, 0.15) is 31.8 Å². The van der Waals surface area contributed by atoms with E-state index in [0.29, 0.717) is 11.1 Å². The van der Waals surface area contributed by atoms with Crippen LogP contribution in [-0.2, 0) is 0 Å². The number of nitro groups is 1. The third-order valence-electron chi connectivity index (χ3n) is 5.19. The number of nitro benzene ring substituents is 1. The number of carbonyl (C=O) groups excluding carboxylic acids is 2. The highest BCUT2D eigenvalue weighted by atomic mass is 16.6. The lowest BCUT2D eigenvalue weighted by Crippen LogP contribution is -2.17. The number of aromatic hydroxyl groups is 1. The Morgan fingerprint density at radius 2 is 1.74 bits per heavy atom. The maximum atomic E-state index is 12.5. The zero-order valence-electron chi connectivity index (χ0n) is 18.5. The molecule has 2 N–H and O–H groups in total. The van der Waals surface area contributed by atoms with E-state index in [4.69, 9.17) is 4.74 Å². The first-order valence-corrected chi connectivity index (χ1v) is 10.4. The van der Waals surface area contributed by atoms with Gasteiger partial charge in [0.05, 0.1) is 22.3 Å². The quantitative estimate of drug-likeness (QED) is 0.138. The van der Waals surface area contributed by atoms with Crippen LogP contribution in [0, 0.1) is 17.0 Å². The maximum absolute atomic E-state index is 12.5. The van der Waals surface area contributed by atoms with Crippen LogP contribution < -0.4 is 10.2 Å². The summed E-state index contributed by atoms with van der Waals surface area (Å²) in [4.78, 5) is 35.3. The number of phenolic OH excluding ortho intramolecular Hbond substituents is 1. The molecule has 1 amide bonds. The average Bonchev–Trinajstić information content (AvgIpc) is 2.83. The third kappa shape index (κ3) is 5.31. The van der Waals surface area contributed by atoms with Crippen molar-refractivity contribution >= 4 is 34.6 Å². The minimum absolute atomic E-state index is 0.0844. The number of nitrogens with one attached hydrogen (secondary N) is 1. The Kier molecular flexibility index (Phi) is 6.50. The van der Waals surface area contributed by atoms with Crippen LogP contribution in [0.15, 0.2) is 84.0 Å². The minimum atomic E-state index is -0.669. The summed E-state index contributed by atoms with van der Waals surface area (Å²) in [5, 5.41) is 26.6. The number of esters is 1. The van der Waals surface area contributed by atoms with Gasteiger partial charge in [-0.2, -0.15) is 5.10 Å². The highest BCUT2D eigenvalue weighted by molar-refractivity contribution is 6.01. The highest BCUT2D eigenvalue weighted by Gasteiger charge is 2.15. The number of benzene rings is 4. The summed E-state index contributed by atoms with van der Waals surface area (Å²) in [7, 11) is 0. The summed E-state index contributed by atoms with van der Waals surface area (Å²) in [5.74, 6) is -1.18. The summed E-state index contributed by atoms with van der Waals surface area (Å²) in [6, 6.07) is 20.8. The maximum Gasteiger partial charge on any atom is 0.343 e. The van der Waals surface area contributed by atoms with Crippen LogP contribution in [0.2, 0.25) is 0 Å². The van der Waals surface area contributed by atoms with E-state index >= 15 is 0 Å². The molecule has 0 radical (unpaired) electrons. The molecule has 4 rings (SSSR count). The van der Waals surface area contributed by atoms with Crippen LogP contribution in [0.25, 0.3) is 10.8 Å². The predicted octanol–water partition coefficient (Wildman–Crippen LogP) is 4.75. The van der Waals surface area contributed by atoms with Gasteiger partial charge in [0.25, 0.3) is 11.6 Å². The molecule has 0 aromatic heterocycles. The zero-order valence-corrected chi connectivity index (χ0v) is 18.5. The van der Waals surface area contributed by atoms with Crippen LogP contribution >= 0.6 is 0 Å². The van der Waals surface area contributed by atoms with Gasteiger partial charge in [-0.15, -0.1) is 0 Å². The number of amides is 1. The minimum Gasteiger partial charge on any atom is -0.507 e. The van der Waals surface area contributed by atoms with Crippen molar-refractivity contribution in [3.63, 3.8) is 0 Å². The summed E-state index contributed by atoms with van der Waals surface area (Å²) in [6.07, 6.45) is 1.36. The number of hydrogen-bond acceptors (Lipinski definition) is 7. The van der Waals surface area contributed by atoms with Gasteiger partial charge in [-0.05, 0) is 59.7 Å². The number of fused-ring (bicyclic) bond motifs is 1. The highest BCUT2D eigenvalue weighted by Crippen LogP contribution is 2.25. The number of rotatable bonds is 6. The fraction of sp³-hybridized carbons (Fsp3) is 0.0385. The Bertz CT molecular complexity index is 1500. The summed E-state index contributed by atoms with van der Waals surface area (Å²) < 4.78 is 5.36. The Balaban J connectivity index is 1.43. The van der Waals surface area contributed by atoms with E-state index in [1.54, 1.807) is 30.3 Å². The van der Waals surface area contributed by atoms with E-state index in [1.165, 1.54) is 37.4 Å². The second-order valence-corrected chi connectivity index (χ2v) is 7.64. The van der Waals surface area contributed by atoms with Gasteiger partial charge in [0, 0.05) is 11.6 Å². The standard InChI is InChI=1S/C26H19N3O6/c1-16-11-20(9-10-23(16)29(33)34)26(32)35-21-8-4-5-17(12-21)15-27-28-25(31)22-13-18-6-2-3-7-19(18)14-24(22)30/h2-15,30H,1H3,(H,28,31)/b27-15-. The summed E-state index contributed by atoms with van der Waals surface area (Å²) >= 11 is 0. The second kappa shape index (κ2) is 9.84. The topological polar surface area (TPSA) is 131 Å². The van der Waals surface area contributed by atoms with Crippen LogP contribution in [-0.4, -0.2) is 28.1 Å². The lowest BCUT2D eigenvalue weighted by molar-refractivity contribution is -0.385. The molecule has 0 saturated carbocycles. The van der Waals surface area contributed by atoms with Gasteiger partial charge in [0.2, 0.25) is 0 Å². The molecular formula is C26H19N3O6. The molecule has 0 unspecified atom stereocenters. The van der Waals surface area contributed by atoms with Crippen LogP contribution in [0.5, 0.6) is 11.5 Å². The molecule has 4 aromatic carbocycles. The van der Waals surface area contributed by atoms with Gasteiger partial charge in [0.15, 0.2) is 0 Å². The molecular weight excluding hydrogens is 450 g/mol. The Hall–Kier alpha value is -5.05. The number of ether oxygens (including phenoxy) is 1. The van der Waals surface area contributed by atoms with E-state index in [9.17, 15) is 24.8 Å². The lowest BCUT2D eigenvalue weighted by Gasteiger charge is -2.07. The fourth-order valence-electron chi connectivity index (χ4n) is 3.45. The number of aryl methyl sites for hydroxylation is 1. The van der Waals surface area contributed by atoms with Gasteiger partial charge in [0.1, 0.15) is 11.5 Å². The van der Waals surface area contributed by atoms with Crippen molar-refractivity contribution in [3.8, 4) is 11.5 Å². The number of hydrazone groups is 1. The third-order valence-corrected chi connectivity index (χ3v) is 5.19. The van der Waals surface area contributed by atoms with Gasteiger partial charge in [-0.25, -0.2) is 10.2 Å². The molecule has 0 aliphatic carbocycles. The molecule has 0 aliphatic rings. The summed E-state index contributed by atoms with van der Waals surface area (Å²) in [6.45, 7) is 1.54. The van der Waals surface area contributed by atoms with Crippen LogP contribution in [0.4, 0.5) is 5.69 Å². The summed E-state index contributed by atoms with van der Waals surface area (Å²) in [5.41, 5.74) is 3.43. The van der Waals surface area contributed by atoms with Crippen molar-refractivity contribution < 1.29 is 24.4 Å². The molecule has 9 heteroatoms. The first-order valence-electron chi connectivity index (χ1n) is 10.4. The van der Waals surface area contributed by atoms with Crippen molar-refractivity contribution in [1.29, 1.82) is 0 Å². The predicted molar refractivity (Wildman–Crippen MR) is 130 cm³/mol. The van der Waals surface area contributed by atoms with E-state index < -0.39 is 16.8 Å². The Labute approximate surface area is 199 Å². The van der Waals surface area contributed by atoms with Crippen molar-refractivity contribution in [1.82, 2.24) is 5.43 Å². The SMILES string of the molecule is Cc1cc(C(=O)Oc2cccc(/C=N\NC(=O)c3cc4ccccc4cc3O)c2)ccc1[N+](=O)[O-]. The molecule has 35 heavy (non-hydrogen) atoms. The molecule has 9 nitrogen and oxygen atoms in total. The number of carbonyl (C=O) groups is 2. The second-order valence-electron chi connectivity index (χ2n) is 7.64. The van der Waals surface area contributed by atoms with Gasteiger partial charge >= 0.3 is 5.97 Å². The molecule has 174 valence electrons. The molecule has 0 bridgehead atoms. The fourth-order valence-corrected chi connectivity index (χ4v) is 3.45. The smallest absolute Gasteiger partial charge is 0.343 e. The van der Waals surface area contributed by atoms with Crippen molar-refractivity contribution in [2.24, 2.45) is 5.10 Å². The number of phenols is 1. The molecule has 0 saturated heterocycles. The van der Waals surface area contributed by atoms with E-state index in [0.717, 1.165) is 10.8 Å². The van der Waals surface area contributed by atoms with Crippen molar-refractivity contribution in [2.45, 2.75) is 6.92 Å². The first-order chi connectivity index (χ1) is 16.8. The van der Waals surface area contributed by atoms with Gasteiger partial charge in [-0.3, -0.25) is 14.9 Å². The number of nitrogens with zero attached hydrogens (tertiary/aromatic N) is 2. The first kappa shape index (κ1) is 23.1. The van der Waals surface area contributed by atoms with Crippen molar-refractivity contribution in [2.75, 3.05) is 0 Å². The molecule has 0 atom stereocenters. The Morgan fingerprint density at radius 3 is 2.46 bits per heavy atom. The lowest BCUT2D eigenvalue weighted by atomic mass is 10.1. The molecule has 0 spiro atoms. The molecule has 0 fully saturated rings. The largest absolute Gasteiger partial charge is 0.507 e. The molecule has 4 aromatic rings. The molecule has 0 heterocycles. The molecule has 0 aliphatic heterocycles. The van der Waals surface area contributed by atoms with Gasteiger partial charge in [-0.1, -0.05) is 36.4 Å². The average molecular weight is 469 g/mol. The van der Waals surface area contributed by atoms with Crippen molar-refractivity contribution in [3.05, 3.63) is 111 Å². The monoisotopic (exact) mass is 469 g/mol. The normalized spacial score (nSPS) is 10.9. The Morgan fingerprint density at radius 1 is 1.00 bits per heavy atom. The van der Waals surface area contributed by atoms with Gasteiger partial charge < -0.3 is 9.84 Å². The van der Waals surface area contributed by atoms with E-state index in [2.05, 4.69) is 10.5 Å².